The second-order valence-electron chi connectivity index (χ2n) is 5.59. The number of likely N-dealkylation sites (N-methyl/N-ethyl adjacent to an activating group) is 1. The fraction of sp³-hybridized carbons (Fsp3) is 0.211. The average Bonchev–Trinajstić information content (AvgIpc) is 3.06. The first-order valence-corrected chi connectivity index (χ1v) is 7.50. The van der Waals surface area contributed by atoms with Gasteiger partial charge in [-0.3, -0.25) is 4.79 Å². The van der Waals surface area contributed by atoms with Gasteiger partial charge < -0.3 is 14.1 Å². The van der Waals surface area contributed by atoms with E-state index in [-0.39, 0.29) is 11.5 Å². The third kappa shape index (κ3) is 3.96. The molecule has 6 heteroatoms. The fourth-order valence-corrected chi connectivity index (χ4v) is 2.29. The number of carbonyl (C=O) groups is 2. The Morgan fingerprint density at radius 1 is 1.24 bits per heavy atom. The lowest BCUT2D eigenvalue weighted by Gasteiger charge is -2.08. The lowest BCUT2D eigenvalue weighted by Crippen LogP contribution is -2.22. The van der Waals surface area contributed by atoms with Crippen LogP contribution in [0, 0.1) is 18.3 Å². The molecule has 0 aliphatic heterocycles. The molecule has 1 aromatic carbocycles. The molecule has 0 aliphatic carbocycles. The van der Waals surface area contributed by atoms with Gasteiger partial charge in [-0.1, -0.05) is 6.07 Å². The molecule has 0 N–H and O–H groups in total. The smallest absolute Gasteiger partial charge is 0.337 e. The van der Waals surface area contributed by atoms with E-state index in [0.29, 0.717) is 17.1 Å². The molecule has 25 heavy (non-hydrogen) atoms. The molecule has 6 nitrogen and oxygen atoms in total. The predicted molar refractivity (Wildman–Crippen MR) is 92.5 cm³/mol. The van der Waals surface area contributed by atoms with Gasteiger partial charge in [0.2, 0.25) is 0 Å². The van der Waals surface area contributed by atoms with Crippen LogP contribution in [-0.2, 0) is 9.53 Å². The maximum absolute atomic E-state index is 11.9. The molecule has 0 atom stereocenters. The maximum atomic E-state index is 11.9. The second-order valence-corrected chi connectivity index (χ2v) is 5.59. The van der Waals surface area contributed by atoms with Crippen molar-refractivity contribution in [1.29, 1.82) is 5.26 Å². The van der Waals surface area contributed by atoms with E-state index in [1.54, 1.807) is 44.4 Å². The lowest BCUT2D eigenvalue weighted by molar-refractivity contribution is -0.124. The van der Waals surface area contributed by atoms with Crippen LogP contribution in [-0.4, -0.2) is 38.0 Å². The van der Waals surface area contributed by atoms with Crippen LogP contribution in [0.1, 0.15) is 21.7 Å². The van der Waals surface area contributed by atoms with Crippen molar-refractivity contribution < 1.29 is 18.7 Å². The van der Waals surface area contributed by atoms with Crippen molar-refractivity contribution in [2.24, 2.45) is 0 Å². The van der Waals surface area contributed by atoms with Gasteiger partial charge in [0.05, 0.1) is 12.7 Å². The molecule has 0 fully saturated rings. The van der Waals surface area contributed by atoms with E-state index in [2.05, 4.69) is 0 Å². The molecule has 0 bridgehead atoms. The van der Waals surface area contributed by atoms with Gasteiger partial charge >= 0.3 is 5.97 Å². The van der Waals surface area contributed by atoms with E-state index in [9.17, 15) is 9.59 Å². The van der Waals surface area contributed by atoms with Crippen LogP contribution in [0.5, 0.6) is 0 Å². The standard InChI is InChI=1S/C19H18N2O4/c1-12-9-13(19(23)24-4)5-7-16(12)17-8-6-15(25-17)10-14(11-20)18(22)21(2)3/h5-10H,1-4H3/b14-10-. The minimum absolute atomic E-state index is 0.0105. The highest BCUT2D eigenvalue weighted by molar-refractivity contribution is 6.01. The third-order valence-corrected chi connectivity index (χ3v) is 3.58. The highest BCUT2D eigenvalue weighted by Crippen LogP contribution is 2.27. The van der Waals surface area contributed by atoms with E-state index < -0.39 is 5.97 Å². The highest BCUT2D eigenvalue weighted by Gasteiger charge is 2.14. The van der Waals surface area contributed by atoms with Crippen molar-refractivity contribution in [3.05, 3.63) is 52.8 Å². The van der Waals surface area contributed by atoms with E-state index in [0.717, 1.165) is 11.1 Å². The predicted octanol–water partition coefficient (Wildman–Crippen LogP) is 3.04. The number of methoxy groups -OCH3 is 1. The molecule has 0 unspecified atom stereocenters. The summed E-state index contributed by atoms with van der Waals surface area (Å²) in [4.78, 5) is 24.8. The zero-order valence-electron chi connectivity index (χ0n) is 14.5. The van der Waals surface area contributed by atoms with Crippen molar-refractivity contribution in [3.63, 3.8) is 0 Å². The average molecular weight is 338 g/mol. The van der Waals surface area contributed by atoms with E-state index in [4.69, 9.17) is 14.4 Å². The monoisotopic (exact) mass is 338 g/mol. The van der Waals surface area contributed by atoms with Crippen molar-refractivity contribution in [2.75, 3.05) is 21.2 Å². The number of nitriles is 1. The number of furan rings is 1. The Bertz CT molecular complexity index is 885. The number of carbonyl (C=O) groups excluding carboxylic acids is 2. The Morgan fingerprint density at radius 2 is 1.96 bits per heavy atom. The summed E-state index contributed by atoms with van der Waals surface area (Å²) in [6.45, 7) is 1.86. The quantitative estimate of drug-likeness (QED) is 0.486. The molecule has 0 saturated carbocycles. The number of ether oxygens (including phenoxy) is 1. The van der Waals surface area contributed by atoms with Crippen LogP contribution >= 0.6 is 0 Å². The van der Waals surface area contributed by atoms with Gasteiger partial charge in [0.25, 0.3) is 5.91 Å². The van der Waals surface area contributed by atoms with Gasteiger partial charge in [0.1, 0.15) is 23.2 Å². The molecule has 0 aliphatic rings. The van der Waals surface area contributed by atoms with Crippen molar-refractivity contribution in [3.8, 4) is 17.4 Å². The number of hydrogen-bond acceptors (Lipinski definition) is 5. The largest absolute Gasteiger partial charge is 0.465 e. The summed E-state index contributed by atoms with van der Waals surface area (Å²) in [6, 6.07) is 10.5. The number of nitrogens with zero attached hydrogens (tertiary/aromatic N) is 2. The summed E-state index contributed by atoms with van der Waals surface area (Å²) < 4.78 is 10.4. The van der Waals surface area contributed by atoms with Gasteiger partial charge in [-0.15, -0.1) is 0 Å². The van der Waals surface area contributed by atoms with Gasteiger partial charge in [0.15, 0.2) is 0 Å². The SMILES string of the molecule is COC(=O)c1ccc(-c2ccc(/C=C(/C#N)C(=O)N(C)C)o2)c(C)c1. The Morgan fingerprint density at radius 3 is 2.52 bits per heavy atom. The Kier molecular flexibility index (Phi) is 5.40. The summed E-state index contributed by atoms with van der Waals surface area (Å²) in [5, 5.41) is 9.13. The molecule has 0 spiro atoms. The summed E-state index contributed by atoms with van der Waals surface area (Å²) in [5.74, 6) is 0.186. The van der Waals surface area contributed by atoms with Crippen molar-refractivity contribution in [1.82, 2.24) is 4.90 Å². The lowest BCUT2D eigenvalue weighted by atomic mass is 10.0. The zero-order valence-corrected chi connectivity index (χ0v) is 14.5. The van der Waals surface area contributed by atoms with Crippen LogP contribution < -0.4 is 0 Å². The van der Waals surface area contributed by atoms with E-state index >= 15 is 0 Å². The summed E-state index contributed by atoms with van der Waals surface area (Å²) in [5.41, 5.74) is 2.10. The fourth-order valence-electron chi connectivity index (χ4n) is 2.29. The highest BCUT2D eigenvalue weighted by atomic mass is 16.5. The number of esters is 1. The summed E-state index contributed by atoms with van der Waals surface area (Å²) >= 11 is 0. The van der Waals surface area contributed by atoms with Gasteiger partial charge in [-0.2, -0.15) is 5.26 Å². The summed E-state index contributed by atoms with van der Waals surface area (Å²) in [6.07, 6.45) is 1.41. The molecule has 0 saturated heterocycles. The first-order valence-electron chi connectivity index (χ1n) is 7.50. The first-order chi connectivity index (χ1) is 11.9. The Hall–Kier alpha value is -3.33. The normalized spacial score (nSPS) is 10.9. The van der Waals surface area contributed by atoms with Crippen LogP contribution in [0.15, 0.2) is 40.3 Å². The molecule has 1 amide bonds. The Balaban J connectivity index is 2.35. The molecule has 1 aromatic heterocycles. The van der Waals surface area contributed by atoms with Crippen molar-refractivity contribution >= 4 is 18.0 Å². The number of aryl methyl sites for hydroxylation is 1. The molecular formula is C19H18N2O4. The number of amides is 1. The maximum Gasteiger partial charge on any atom is 0.337 e. The molecule has 128 valence electrons. The minimum Gasteiger partial charge on any atom is -0.465 e. The topological polar surface area (TPSA) is 83.5 Å². The van der Waals surface area contributed by atoms with Crippen LogP contribution in [0.2, 0.25) is 0 Å². The molecule has 1 heterocycles. The van der Waals surface area contributed by atoms with Crippen LogP contribution in [0.25, 0.3) is 17.4 Å². The van der Waals surface area contributed by atoms with Gasteiger partial charge in [-0.25, -0.2) is 4.79 Å². The minimum atomic E-state index is -0.404. The molecule has 2 aromatic rings. The first kappa shape index (κ1) is 18.0. The molecule has 0 radical (unpaired) electrons. The van der Waals surface area contributed by atoms with E-state index in [1.165, 1.54) is 18.1 Å². The van der Waals surface area contributed by atoms with E-state index in [1.807, 2.05) is 13.0 Å². The molecular weight excluding hydrogens is 320 g/mol. The number of hydrogen-bond donors (Lipinski definition) is 0. The van der Waals surface area contributed by atoms with Crippen LogP contribution in [0.4, 0.5) is 0 Å². The van der Waals surface area contributed by atoms with Gasteiger partial charge in [0, 0.05) is 25.7 Å². The third-order valence-electron chi connectivity index (χ3n) is 3.58. The number of benzene rings is 1. The van der Waals surface area contributed by atoms with Crippen molar-refractivity contribution in [2.45, 2.75) is 6.92 Å². The zero-order chi connectivity index (χ0) is 18.6. The van der Waals surface area contributed by atoms with Crippen LogP contribution in [0.3, 0.4) is 0 Å². The number of rotatable bonds is 4. The molecule has 2 rings (SSSR count). The Labute approximate surface area is 145 Å². The second kappa shape index (κ2) is 7.49. The van der Waals surface area contributed by atoms with Gasteiger partial charge in [-0.05, 0) is 36.8 Å². The summed E-state index contributed by atoms with van der Waals surface area (Å²) in [7, 11) is 4.49.